The highest BCUT2D eigenvalue weighted by molar-refractivity contribution is 5.48. The molecule has 0 N–H and O–H groups in total. The van der Waals surface area contributed by atoms with Crippen LogP contribution in [0.4, 0.5) is 5.69 Å². The van der Waals surface area contributed by atoms with Crippen LogP contribution in [0.5, 0.6) is 0 Å². The van der Waals surface area contributed by atoms with Crippen LogP contribution in [0.3, 0.4) is 0 Å². The summed E-state index contributed by atoms with van der Waals surface area (Å²) < 4.78 is 10.1. The van der Waals surface area contributed by atoms with Crippen molar-refractivity contribution in [2.24, 2.45) is 0 Å². The second-order valence-corrected chi connectivity index (χ2v) is 7.77. The predicted molar refractivity (Wildman–Crippen MR) is 101 cm³/mol. The third-order valence-electron chi connectivity index (χ3n) is 5.78. The molecular weight excluding hydrogens is 356 g/mol. The number of nitrogens with zero attached hydrogens (tertiary/aromatic N) is 4. The van der Waals surface area contributed by atoms with Crippen LogP contribution in [0.15, 0.2) is 36.7 Å². The maximum atomic E-state index is 11.2. The molecule has 1 aliphatic heterocycles. The summed E-state index contributed by atoms with van der Waals surface area (Å²) in [5, 5.41) is 16.0. The van der Waals surface area contributed by atoms with Crippen molar-refractivity contribution < 1.29 is 14.2 Å². The lowest BCUT2D eigenvalue weighted by Crippen LogP contribution is -2.51. The van der Waals surface area contributed by atoms with Crippen molar-refractivity contribution in [1.29, 1.82) is 0 Å². The monoisotopic (exact) mass is 377 g/mol. The molecular formula is C21H21N4O3+. The number of ether oxygens (including phenoxy) is 1. The number of hydrogen-bond donors (Lipinski definition) is 0. The fraction of sp³-hybridized carbons (Fsp3) is 0.333. The molecule has 1 aromatic heterocycles. The highest BCUT2D eigenvalue weighted by Gasteiger charge is 2.44. The molecule has 28 heavy (non-hydrogen) atoms. The maximum absolute atomic E-state index is 11.2. The van der Waals surface area contributed by atoms with Gasteiger partial charge < -0.3 is 4.74 Å². The fourth-order valence-corrected chi connectivity index (χ4v) is 4.71. The second kappa shape index (κ2) is 5.97. The van der Waals surface area contributed by atoms with Gasteiger partial charge in [-0.25, -0.2) is 4.57 Å². The van der Waals surface area contributed by atoms with E-state index in [1.54, 1.807) is 12.1 Å². The van der Waals surface area contributed by atoms with Gasteiger partial charge in [0.2, 0.25) is 6.33 Å². The first-order valence-electron chi connectivity index (χ1n) is 9.39. The highest BCUT2D eigenvalue weighted by Crippen LogP contribution is 2.37. The van der Waals surface area contributed by atoms with Crippen molar-refractivity contribution in [2.45, 2.75) is 45.9 Å². The number of benzene rings is 2. The molecule has 1 unspecified atom stereocenters. The number of fused-ring (bicyclic) bond motifs is 5. The number of non-ortho nitro benzene ring substituents is 1. The Balaban J connectivity index is 1.64. The first kappa shape index (κ1) is 17.1. The van der Waals surface area contributed by atoms with Crippen molar-refractivity contribution in [2.75, 3.05) is 0 Å². The van der Waals surface area contributed by atoms with Gasteiger partial charge >= 0.3 is 5.82 Å². The maximum Gasteiger partial charge on any atom is 0.304 e. The first-order valence-corrected chi connectivity index (χ1v) is 9.39. The average molecular weight is 377 g/mol. The van der Waals surface area contributed by atoms with E-state index in [0.717, 1.165) is 40.2 Å². The molecule has 0 saturated carbocycles. The Morgan fingerprint density at radius 2 is 1.96 bits per heavy atom. The molecule has 5 rings (SSSR count). The van der Waals surface area contributed by atoms with Crippen LogP contribution in [0.1, 0.15) is 39.7 Å². The summed E-state index contributed by atoms with van der Waals surface area (Å²) in [4.78, 5) is 10.9. The number of rotatable bonds is 2. The summed E-state index contributed by atoms with van der Waals surface area (Å²) >= 11 is 0. The number of nitro groups is 1. The van der Waals surface area contributed by atoms with Gasteiger partial charge in [-0.05, 0) is 37.5 Å². The smallest absolute Gasteiger partial charge is 0.304 e. The average Bonchev–Trinajstić information content (AvgIpc) is 3.20. The van der Waals surface area contributed by atoms with E-state index in [0.29, 0.717) is 6.61 Å². The summed E-state index contributed by atoms with van der Waals surface area (Å²) in [6.07, 6.45) is 2.75. The van der Waals surface area contributed by atoms with Crippen molar-refractivity contribution in [1.82, 2.24) is 9.78 Å². The Kier molecular flexibility index (Phi) is 3.64. The van der Waals surface area contributed by atoms with Crippen LogP contribution < -0.4 is 4.57 Å². The van der Waals surface area contributed by atoms with E-state index in [9.17, 15) is 10.1 Å². The van der Waals surface area contributed by atoms with Crippen LogP contribution in [0, 0.1) is 30.9 Å². The zero-order valence-corrected chi connectivity index (χ0v) is 16.0. The Morgan fingerprint density at radius 1 is 1.21 bits per heavy atom. The van der Waals surface area contributed by atoms with Gasteiger partial charge in [-0.2, -0.15) is 0 Å². The van der Waals surface area contributed by atoms with E-state index >= 15 is 0 Å². The summed E-state index contributed by atoms with van der Waals surface area (Å²) in [5.74, 6) is 0.833. The summed E-state index contributed by atoms with van der Waals surface area (Å²) in [6, 6.07) is 9.34. The molecule has 2 atom stereocenters. The molecule has 0 bridgehead atoms. The van der Waals surface area contributed by atoms with Crippen LogP contribution in [0.2, 0.25) is 0 Å². The van der Waals surface area contributed by atoms with Crippen molar-refractivity contribution in [3.05, 3.63) is 80.4 Å². The van der Waals surface area contributed by atoms with Gasteiger partial charge in [0, 0.05) is 29.2 Å². The lowest BCUT2D eigenvalue weighted by atomic mass is 10.1. The quantitative estimate of drug-likeness (QED) is 0.391. The minimum Gasteiger partial charge on any atom is -0.363 e. The molecule has 0 saturated heterocycles. The minimum absolute atomic E-state index is 0.0210. The van der Waals surface area contributed by atoms with E-state index in [1.165, 1.54) is 5.56 Å². The molecule has 142 valence electrons. The topological polar surface area (TPSA) is 74.1 Å². The second-order valence-electron chi connectivity index (χ2n) is 7.77. The van der Waals surface area contributed by atoms with Gasteiger partial charge in [0.05, 0.1) is 4.92 Å². The molecule has 2 aliphatic rings. The molecule has 0 fully saturated rings. The first-order chi connectivity index (χ1) is 13.4. The van der Waals surface area contributed by atoms with E-state index in [1.807, 2.05) is 17.1 Å². The van der Waals surface area contributed by atoms with Crippen LogP contribution in [0.25, 0.3) is 5.69 Å². The lowest BCUT2D eigenvalue weighted by Gasteiger charge is -2.23. The highest BCUT2D eigenvalue weighted by atomic mass is 16.6. The standard InChI is InChI=1S/C21H21N4O3/c1-12-6-13(2)20(14(3)7-12)24-11-23-19(22-24)10-28-18-8-15-4-5-16(25(26)27)9-17(15)21(18)23/h4-7,9,11,18,21H,8,10H2,1-3H3/q+1/t18?,21-/m0/s1. The van der Waals surface area contributed by atoms with E-state index in [4.69, 9.17) is 9.84 Å². The molecule has 2 aromatic carbocycles. The SMILES string of the molecule is Cc1cc(C)c(-n2c[n+]3c(n2)COC2Cc4ccc([N+](=O)[O-])cc4[C@@H]23)c(C)c1. The van der Waals surface area contributed by atoms with Crippen molar-refractivity contribution in [3.63, 3.8) is 0 Å². The molecule has 0 radical (unpaired) electrons. The predicted octanol–water partition coefficient (Wildman–Crippen LogP) is 3.04. The van der Waals surface area contributed by atoms with Gasteiger partial charge in [0.25, 0.3) is 5.69 Å². The lowest BCUT2D eigenvalue weighted by molar-refractivity contribution is -0.739. The molecule has 7 heteroatoms. The van der Waals surface area contributed by atoms with Gasteiger partial charge in [-0.15, -0.1) is 0 Å². The van der Waals surface area contributed by atoms with Crippen LogP contribution >= 0.6 is 0 Å². The van der Waals surface area contributed by atoms with Gasteiger partial charge in [-0.3, -0.25) is 10.1 Å². The largest absolute Gasteiger partial charge is 0.363 e. The number of nitro benzene ring substituents is 1. The van der Waals surface area contributed by atoms with Gasteiger partial charge in [0.15, 0.2) is 0 Å². The minimum atomic E-state index is -0.342. The Bertz CT molecular complexity index is 1110. The fourth-order valence-electron chi connectivity index (χ4n) is 4.71. The number of aromatic nitrogens is 3. The Labute approximate surface area is 162 Å². The third-order valence-corrected chi connectivity index (χ3v) is 5.78. The van der Waals surface area contributed by atoms with Gasteiger partial charge in [-0.1, -0.05) is 28.4 Å². The molecule has 1 aliphatic carbocycles. The van der Waals surface area contributed by atoms with E-state index < -0.39 is 0 Å². The van der Waals surface area contributed by atoms with E-state index in [-0.39, 0.29) is 22.8 Å². The van der Waals surface area contributed by atoms with Crippen molar-refractivity contribution in [3.8, 4) is 5.69 Å². The Morgan fingerprint density at radius 3 is 2.68 bits per heavy atom. The molecule has 0 spiro atoms. The van der Waals surface area contributed by atoms with Gasteiger partial charge in [0.1, 0.15) is 24.4 Å². The van der Waals surface area contributed by atoms with Crippen molar-refractivity contribution >= 4 is 5.69 Å². The zero-order valence-electron chi connectivity index (χ0n) is 16.0. The zero-order chi connectivity index (χ0) is 19.6. The summed E-state index contributed by atoms with van der Waals surface area (Å²) in [6.45, 7) is 6.71. The van der Waals surface area contributed by atoms with E-state index in [2.05, 4.69) is 37.5 Å². The van der Waals surface area contributed by atoms with Crippen LogP contribution in [-0.2, 0) is 17.8 Å². The molecule has 2 heterocycles. The Hall–Kier alpha value is -3.06. The third kappa shape index (κ3) is 2.46. The molecule has 3 aromatic rings. The summed E-state index contributed by atoms with van der Waals surface area (Å²) in [5.41, 5.74) is 6.81. The molecule has 7 nitrogen and oxygen atoms in total. The summed E-state index contributed by atoms with van der Waals surface area (Å²) in [7, 11) is 0. The van der Waals surface area contributed by atoms with Crippen LogP contribution in [-0.4, -0.2) is 20.8 Å². The number of aryl methyl sites for hydroxylation is 3. The molecule has 0 amide bonds. The number of hydrogen-bond acceptors (Lipinski definition) is 4. The normalized spacial score (nSPS) is 19.8.